The molecule has 9 heteroatoms. The molecule has 1 aromatic rings. The third kappa shape index (κ3) is 5.42. The van der Waals surface area contributed by atoms with Crippen molar-refractivity contribution in [3.8, 4) is 5.75 Å². The molecule has 0 bridgehead atoms. The average Bonchev–Trinajstić information content (AvgIpc) is 2.52. The van der Waals surface area contributed by atoms with Gasteiger partial charge in [-0.1, -0.05) is 46.9 Å². The Hall–Kier alpha value is -1.63. The SMILES string of the molecule is CCOc1cccc(C2NC(=O)NC(C)=C2C(=O)OCC(Cl)(Cl)Cl)c1. The number of alkyl halides is 3. The van der Waals surface area contributed by atoms with E-state index in [0.717, 1.165) is 0 Å². The van der Waals surface area contributed by atoms with Gasteiger partial charge in [0.1, 0.15) is 12.4 Å². The molecule has 2 amide bonds. The molecule has 136 valence electrons. The third-order valence-electron chi connectivity index (χ3n) is 3.36. The average molecular weight is 408 g/mol. The van der Waals surface area contributed by atoms with Crippen molar-refractivity contribution in [3.63, 3.8) is 0 Å². The van der Waals surface area contributed by atoms with E-state index in [0.29, 0.717) is 23.6 Å². The molecule has 1 aliphatic rings. The summed E-state index contributed by atoms with van der Waals surface area (Å²) in [5, 5.41) is 5.24. The lowest BCUT2D eigenvalue weighted by atomic mass is 9.95. The first-order valence-electron chi connectivity index (χ1n) is 7.46. The minimum atomic E-state index is -1.72. The summed E-state index contributed by atoms with van der Waals surface area (Å²) in [7, 11) is 0. The van der Waals surface area contributed by atoms with Gasteiger partial charge in [-0.15, -0.1) is 0 Å². The van der Waals surface area contributed by atoms with Crippen LogP contribution in [0.25, 0.3) is 0 Å². The number of amides is 2. The third-order valence-corrected chi connectivity index (χ3v) is 3.69. The monoisotopic (exact) mass is 406 g/mol. The Kier molecular flexibility index (Phi) is 6.43. The first-order chi connectivity index (χ1) is 11.7. The number of benzene rings is 1. The lowest BCUT2D eigenvalue weighted by Gasteiger charge is -2.28. The van der Waals surface area contributed by atoms with Gasteiger partial charge in [0.2, 0.25) is 3.79 Å². The van der Waals surface area contributed by atoms with Crippen molar-refractivity contribution in [1.29, 1.82) is 0 Å². The molecule has 1 aromatic carbocycles. The Morgan fingerprint density at radius 3 is 2.68 bits per heavy atom. The van der Waals surface area contributed by atoms with E-state index < -0.39 is 28.4 Å². The number of hydrogen-bond acceptors (Lipinski definition) is 4. The Morgan fingerprint density at radius 1 is 1.32 bits per heavy atom. The molecule has 0 saturated carbocycles. The summed E-state index contributed by atoms with van der Waals surface area (Å²) in [6, 6.07) is 5.93. The number of ether oxygens (including phenoxy) is 2. The standard InChI is InChI=1S/C16H17Cl3N2O4/c1-3-24-11-6-4-5-10(7-11)13-12(9(2)20-15(23)21-13)14(22)25-8-16(17,18)19/h4-7,13H,3,8H2,1-2H3,(H2,20,21,23). The summed E-state index contributed by atoms with van der Waals surface area (Å²) < 4.78 is 8.81. The number of carbonyl (C=O) groups excluding carboxylic acids is 2. The van der Waals surface area contributed by atoms with Crippen LogP contribution in [-0.2, 0) is 9.53 Å². The van der Waals surface area contributed by atoms with Gasteiger partial charge in [-0.3, -0.25) is 0 Å². The molecular weight excluding hydrogens is 391 g/mol. The second kappa shape index (κ2) is 8.17. The molecule has 1 heterocycles. The van der Waals surface area contributed by atoms with E-state index in [1.807, 2.05) is 6.92 Å². The largest absolute Gasteiger partial charge is 0.494 e. The fraction of sp³-hybridized carbons (Fsp3) is 0.375. The second-order valence-electron chi connectivity index (χ2n) is 5.27. The molecule has 0 fully saturated rings. The van der Waals surface area contributed by atoms with Gasteiger partial charge in [0, 0.05) is 5.70 Å². The zero-order valence-corrected chi connectivity index (χ0v) is 15.8. The number of carbonyl (C=O) groups is 2. The normalized spacial score (nSPS) is 17.6. The Labute approximate surface area is 160 Å². The van der Waals surface area contributed by atoms with Gasteiger partial charge in [-0.2, -0.15) is 0 Å². The van der Waals surface area contributed by atoms with Crippen molar-refractivity contribution in [2.24, 2.45) is 0 Å². The lowest BCUT2D eigenvalue weighted by Crippen LogP contribution is -2.45. The van der Waals surface area contributed by atoms with Crippen molar-refractivity contribution in [3.05, 3.63) is 41.1 Å². The smallest absolute Gasteiger partial charge is 0.338 e. The lowest BCUT2D eigenvalue weighted by molar-refractivity contribution is -0.139. The second-order valence-corrected chi connectivity index (χ2v) is 7.78. The van der Waals surface area contributed by atoms with E-state index in [-0.39, 0.29) is 5.57 Å². The Bertz CT molecular complexity index is 701. The molecule has 1 aliphatic heterocycles. The molecule has 0 radical (unpaired) electrons. The zero-order valence-electron chi connectivity index (χ0n) is 13.6. The van der Waals surface area contributed by atoms with Crippen LogP contribution < -0.4 is 15.4 Å². The predicted octanol–water partition coefficient (Wildman–Crippen LogP) is 3.63. The number of esters is 1. The minimum absolute atomic E-state index is 0.225. The Morgan fingerprint density at radius 2 is 2.04 bits per heavy atom. The number of allylic oxidation sites excluding steroid dienone is 1. The summed E-state index contributed by atoms with van der Waals surface area (Å²) in [4.78, 5) is 24.3. The fourth-order valence-electron chi connectivity index (χ4n) is 2.39. The summed E-state index contributed by atoms with van der Waals surface area (Å²) in [5.41, 5.74) is 1.26. The van der Waals surface area contributed by atoms with Crippen LogP contribution in [0.15, 0.2) is 35.5 Å². The quantitative estimate of drug-likeness (QED) is 0.577. The fourth-order valence-corrected chi connectivity index (χ4v) is 2.55. The number of hydrogen-bond donors (Lipinski definition) is 2. The van der Waals surface area contributed by atoms with Gasteiger partial charge in [0.15, 0.2) is 0 Å². The van der Waals surface area contributed by atoms with E-state index >= 15 is 0 Å². The molecule has 1 atom stereocenters. The van der Waals surface area contributed by atoms with Crippen molar-refractivity contribution in [2.45, 2.75) is 23.7 Å². The van der Waals surface area contributed by atoms with Crippen LogP contribution in [0.4, 0.5) is 4.79 Å². The van der Waals surface area contributed by atoms with Crippen LogP contribution in [-0.4, -0.2) is 29.0 Å². The van der Waals surface area contributed by atoms with Gasteiger partial charge >= 0.3 is 12.0 Å². The highest BCUT2D eigenvalue weighted by atomic mass is 35.6. The van der Waals surface area contributed by atoms with Crippen molar-refractivity contribution in [1.82, 2.24) is 10.6 Å². The van der Waals surface area contributed by atoms with E-state index in [2.05, 4.69) is 10.6 Å². The molecule has 6 nitrogen and oxygen atoms in total. The molecule has 0 aliphatic carbocycles. The molecule has 1 unspecified atom stereocenters. The van der Waals surface area contributed by atoms with Crippen LogP contribution in [0.2, 0.25) is 0 Å². The van der Waals surface area contributed by atoms with Gasteiger partial charge < -0.3 is 20.1 Å². The van der Waals surface area contributed by atoms with Crippen LogP contribution >= 0.6 is 34.8 Å². The zero-order chi connectivity index (χ0) is 18.6. The van der Waals surface area contributed by atoms with Crippen molar-refractivity contribution < 1.29 is 19.1 Å². The maximum Gasteiger partial charge on any atom is 0.338 e. The van der Waals surface area contributed by atoms with Crippen LogP contribution in [0.5, 0.6) is 5.75 Å². The number of urea groups is 1. The van der Waals surface area contributed by atoms with Crippen molar-refractivity contribution in [2.75, 3.05) is 13.2 Å². The predicted molar refractivity (Wildman–Crippen MR) is 96.0 cm³/mol. The molecule has 25 heavy (non-hydrogen) atoms. The van der Waals surface area contributed by atoms with Gasteiger partial charge in [-0.05, 0) is 31.5 Å². The van der Waals surface area contributed by atoms with Gasteiger partial charge in [0.05, 0.1) is 18.2 Å². The molecule has 0 saturated heterocycles. The summed E-state index contributed by atoms with van der Waals surface area (Å²) in [6.07, 6.45) is 0. The molecular formula is C16H17Cl3N2O4. The van der Waals surface area contributed by atoms with Crippen molar-refractivity contribution >= 4 is 46.8 Å². The molecule has 2 N–H and O–H groups in total. The molecule has 2 rings (SSSR count). The maximum absolute atomic E-state index is 12.5. The van der Waals surface area contributed by atoms with E-state index in [9.17, 15) is 9.59 Å². The molecule has 0 spiro atoms. The number of halogens is 3. The Balaban J connectivity index is 2.33. The van der Waals surface area contributed by atoms with Crippen LogP contribution in [0.1, 0.15) is 25.5 Å². The summed E-state index contributed by atoms with van der Waals surface area (Å²) >= 11 is 16.9. The maximum atomic E-state index is 12.5. The van der Waals surface area contributed by atoms with Crippen LogP contribution in [0.3, 0.4) is 0 Å². The molecule has 0 aromatic heterocycles. The van der Waals surface area contributed by atoms with Gasteiger partial charge in [0.25, 0.3) is 0 Å². The highest BCUT2D eigenvalue weighted by Gasteiger charge is 2.33. The highest BCUT2D eigenvalue weighted by molar-refractivity contribution is 6.67. The first-order valence-corrected chi connectivity index (χ1v) is 8.59. The van der Waals surface area contributed by atoms with E-state index in [1.54, 1.807) is 31.2 Å². The topological polar surface area (TPSA) is 76.7 Å². The summed E-state index contributed by atoms with van der Waals surface area (Å²) in [5.74, 6) is -0.0671. The number of nitrogens with one attached hydrogen (secondary N) is 2. The highest BCUT2D eigenvalue weighted by Crippen LogP contribution is 2.31. The van der Waals surface area contributed by atoms with Crippen LogP contribution in [0, 0.1) is 0 Å². The van der Waals surface area contributed by atoms with E-state index in [1.165, 1.54) is 0 Å². The first kappa shape index (κ1) is 19.7. The summed E-state index contributed by atoms with van der Waals surface area (Å²) in [6.45, 7) is 3.55. The van der Waals surface area contributed by atoms with E-state index in [4.69, 9.17) is 44.3 Å². The minimum Gasteiger partial charge on any atom is -0.494 e. The van der Waals surface area contributed by atoms with Gasteiger partial charge in [-0.25, -0.2) is 9.59 Å². The number of rotatable bonds is 5.